The lowest BCUT2D eigenvalue weighted by atomic mass is 10.1. The van der Waals surface area contributed by atoms with Crippen molar-refractivity contribution in [3.63, 3.8) is 0 Å². The van der Waals surface area contributed by atoms with Crippen molar-refractivity contribution in [3.8, 4) is 0 Å². The van der Waals surface area contributed by atoms with Gasteiger partial charge in [-0.05, 0) is 50.2 Å². The highest BCUT2D eigenvalue weighted by Crippen LogP contribution is 2.12. The molecule has 1 aromatic rings. The molecule has 0 atom stereocenters. The summed E-state index contributed by atoms with van der Waals surface area (Å²) >= 11 is 0. The van der Waals surface area contributed by atoms with Gasteiger partial charge in [0.25, 0.3) is 0 Å². The summed E-state index contributed by atoms with van der Waals surface area (Å²) < 4.78 is 12.9. The van der Waals surface area contributed by atoms with Crippen molar-refractivity contribution in [3.05, 3.63) is 30.1 Å². The molecule has 0 spiro atoms. The molecule has 0 bridgehead atoms. The van der Waals surface area contributed by atoms with E-state index in [0.29, 0.717) is 38.4 Å². The molecule has 0 saturated carbocycles. The number of rotatable bonds is 5. The molecule has 2 aliphatic heterocycles. The SMILES string of the molecule is O=C(CN1CCN(C(=O)CN2CCCCCCC2)CC1)Nc1ccc(F)cc1. The molecule has 2 heterocycles. The Morgan fingerprint density at radius 1 is 0.786 bits per heavy atom. The molecule has 1 aromatic carbocycles. The second-order valence-electron chi connectivity index (χ2n) is 7.76. The van der Waals surface area contributed by atoms with Gasteiger partial charge in [0.2, 0.25) is 11.8 Å². The minimum Gasteiger partial charge on any atom is -0.339 e. The van der Waals surface area contributed by atoms with Gasteiger partial charge in [-0.25, -0.2) is 4.39 Å². The molecule has 7 heteroatoms. The van der Waals surface area contributed by atoms with Gasteiger partial charge in [0.05, 0.1) is 13.1 Å². The molecular weight excluding hydrogens is 359 g/mol. The van der Waals surface area contributed by atoms with E-state index in [0.717, 1.165) is 13.1 Å². The number of carbonyl (C=O) groups excluding carboxylic acids is 2. The Labute approximate surface area is 166 Å². The quantitative estimate of drug-likeness (QED) is 0.837. The number of piperazine rings is 1. The maximum absolute atomic E-state index is 12.9. The zero-order valence-corrected chi connectivity index (χ0v) is 16.5. The van der Waals surface area contributed by atoms with E-state index in [2.05, 4.69) is 15.1 Å². The van der Waals surface area contributed by atoms with E-state index >= 15 is 0 Å². The van der Waals surface area contributed by atoms with Crippen LogP contribution < -0.4 is 5.32 Å². The number of carbonyl (C=O) groups is 2. The second kappa shape index (κ2) is 10.5. The highest BCUT2D eigenvalue weighted by molar-refractivity contribution is 5.92. The number of nitrogens with one attached hydrogen (secondary N) is 1. The summed E-state index contributed by atoms with van der Waals surface area (Å²) in [5.41, 5.74) is 0.591. The fourth-order valence-electron chi connectivity index (χ4n) is 3.85. The number of amides is 2. The maximum atomic E-state index is 12.9. The first-order chi connectivity index (χ1) is 13.6. The Balaban J connectivity index is 1.38. The van der Waals surface area contributed by atoms with Crippen molar-refractivity contribution in [1.82, 2.24) is 14.7 Å². The van der Waals surface area contributed by atoms with Crippen LogP contribution in [0.25, 0.3) is 0 Å². The molecule has 0 unspecified atom stereocenters. The van der Waals surface area contributed by atoms with E-state index in [4.69, 9.17) is 0 Å². The summed E-state index contributed by atoms with van der Waals surface area (Å²) in [5.74, 6) is -0.238. The van der Waals surface area contributed by atoms with E-state index < -0.39 is 0 Å². The third-order valence-electron chi connectivity index (χ3n) is 5.53. The lowest BCUT2D eigenvalue weighted by Crippen LogP contribution is -2.52. The second-order valence-corrected chi connectivity index (χ2v) is 7.76. The molecule has 2 amide bonds. The average Bonchev–Trinajstić information content (AvgIpc) is 2.66. The van der Waals surface area contributed by atoms with Gasteiger partial charge in [-0.3, -0.25) is 19.4 Å². The molecule has 154 valence electrons. The van der Waals surface area contributed by atoms with E-state index in [-0.39, 0.29) is 24.2 Å². The Kier molecular flexibility index (Phi) is 7.80. The van der Waals surface area contributed by atoms with Gasteiger partial charge in [-0.15, -0.1) is 0 Å². The summed E-state index contributed by atoms with van der Waals surface area (Å²) in [4.78, 5) is 31.1. The molecule has 1 N–H and O–H groups in total. The Hall–Kier alpha value is -1.99. The predicted octanol–water partition coefficient (Wildman–Crippen LogP) is 2.17. The van der Waals surface area contributed by atoms with Crippen LogP contribution in [0.2, 0.25) is 0 Å². The fraction of sp³-hybridized carbons (Fsp3) is 0.619. The van der Waals surface area contributed by atoms with Crippen molar-refractivity contribution < 1.29 is 14.0 Å². The average molecular weight is 391 g/mol. The molecule has 28 heavy (non-hydrogen) atoms. The molecule has 2 saturated heterocycles. The zero-order valence-electron chi connectivity index (χ0n) is 16.5. The van der Waals surface area contributed by atoms with Crippen LogP contribution in [-0.4, -0.2) is 78.9 Å². The Morgan fingerprint density at radius 2 is 1.36 bits per heavy atom. The molecule has 0 radical (unpaired) electrons. The van der Waals surface area contributed by atoms with Crippen LogP contribution in [0.15, 0.2) is 24.3 Å². The van der Waals surface area contributed by atoms with Crippen LogP contribution in [0, 0.1) is 5.82 Å². The van der Waals surface area contributed by atoms with Crippen LogP contribution in [0.5, 0.6) is 0 Å². The number of hydrogen-bond donors (Lipinski definition) is 1. The molecule has 6 nitrogen and oxygen atoms in total. The third kappa shape index (κ3) is 6.56. The van der Waals surface area contributed by atoms with Gasteiger partial charge in [-0.2, -0.15) is 0 Å². The smallest absolute Gasteiger partial charge is 0.238 e. The van der Waals surface area contributed by atoms with Crippen LogP contribution in [0.3, 0.4) is 0 Å². The van der Waals surface area contributed by atoms with Crippen molar-refractivity contribution in [1.29, 1.82) is 0 Å². The summed E-state index contributed by atoms with van der Waals surface area (Å²) in [6, 6.07) is 5.75. The predicted molar refractivity (Wildman–Crippen MR) is 108 cm³/mol. The summed E-state index contributed by atoms with van der Waals surface area (Å²) in [7, 11) is 0. The number of nitrogens with zero attached hydrogens (tertiary/aromatic N) is 3. The van der Waals surface area contributed by atoms with E-state index in [9.17, 15) is 14.0 Å². The molecule has 2 fully saturated rings. The van der Waals surface area contributed by atoms with Gasteiger partial charge in [-0.1, -0.05) is 19.3 Å². The summed E-state index contributed by atoms with van der Waals surface area (Å²) in [6.45, 7) is 5.57. The summed E-state index contributed by atoms with van der Waals surface area (Å²) in [5, 5.41) is 2.78. The minimum atomic E-state index is -0.325. The van der Waals surface area contributed by atoms with Gasteiger partial charge < -0.3 is 10.2 Å². The van der Waals surface area contributed by atoms with Crippen molar-refractivity contribution in [2.24, 2.45) is 0 Å². The fourth-order valence-corrected chi connectivity index (χ4v) is 3.85. The van der Waals surface area contributed by atoms with Crippen molar-refractivity contribution in [2.75, 3.05) is 57.7 Å². The topological polar surface area (TPSA) is 55.9 Å². The van der Waals surface area contributed by atoms with Crippen LogP contribution in [0.4, 0.5) is 10.1 Å². The first-order valence-electron chi connectivity index (χ1n) is 10.4. The van der Waals surface area contributed by atoms with Gasteiger partial charge in [0.1, 0.15) is 5.82 Å². The van der Waals surface area contributed by atoms with E-state index in [1.54, 1.807) is 12.1 Å². The minimum absolute atomic E-state index is 0.119. The Bertz CT molecular complexity index is 636. The number of anilines is 1. The van der Waals surface area contributed by atoms with Gasteiger partial charge in [0, 0.05) is 31.9 Å². The number of likely N-dealkylation sites (tertiary alicyclic amines) is 1. The Morgan fingerprint density at radius 3 is 2.00 bits per heavy atom. The third-order valence-corrected chi connectivity index (χ3v) is 5.53. The van der Waals surface area contributed by atoms with Gasteiger partial charge in [0.15, 0.2) is 0 Å². The lowest BCUT2D eigenvalue weighted by molar-refractivity contribution is -0.134. The van der Waals surface area contributed by atoms with Crippen molar-refractivity contribution >= 4 is 17.5 Å². The highest BCUT2D eigenvalue weighted by atomic mass is 19.1. The molecule has 0 aliphatic carbocycles. The maximum Gasteiger partial charge on any atom is 0.238 e. The molecule has 3 rings (SSSR count). The van der Waals surface area contributed by atoms with E-state index in [1.807, 2.05) is 4.90 Å². The summed E-state index contributed by atoms with van der Waals surface area (Å²) in [6.07, 6.45) is 6.22. The zero-order chi connectivity index (χ0) is 19.8. The number of halogens is 1. The van der Waals surface area contributed by atoms with Crippen LogP contribution in [0.1, 0.15) is 32.1 Å². The largest absolute Gasteiger partial charge is 0.339 e. The molecular formula is C21H31FN4O2. The first-order valence-corrected chi connectivity index (χ1v) is 10.4. The van der Waals surface area contributed by atoms with Crippen LogP contribution >= 0.6 is 0 Å². The normalized spacial score (nSPS) is 19.7. The molecule has 2 aliphatic rings. The van der Waals surface area contributed by atoms with Crippen molar-refractivity contribution in [2.45, 2.75) is 32.1 Å². The standard InChI is InChI=1S/C21H31FN4O2/c22-18-6-8-19(9-7-18)23-20(27)16-25-12-14-26(15-13-25)21(28)17-24-10-4-2-1-3-5-11-24/h6-9H,1-5,10-17H2,(H,23,27). The number of benzene rings is 1. The lowest BCUT2D eigenvalue weighted by Gasteiger charge is -2.35. The highest BCUT2D eigenvalue weighted by Gasteiger charge is 2.24. The number of hydrogen-bond acceptors (Lipinski definition) is 4. The first kappa shape index (κ1) is 20.7. The van der Waals surface area contributed by atoms with Crippen LogP contribution in [-0.2, 0) is 9.59 Å². The molecule has 0 aromatic heterocycles. The van der Waals surface area contributed by atoms with Gasteiger partial charge >= 0.3 is 0 Å². The monoisotopic (exact) mass is 390 g/mol. The van der Waals surface area contributed by atoms with E-state index in [1.165, 1.54) is 44.2 Å².